The van der Waals surface area contributed by atoms with Gasteiger partial charge >= 0.3 is 0 Å². The van der Waals surface area contributed by atoms with Gasteiger partial charge in [-0.2, -0.15) is 0 Å². The predicted molar refractivity (Wildman–Crippen MR) is 71.5 cm³/mol. The van der Waals surface area contributed by atoms with E-state index in [2.05, 4.69) is 40.0 Å². The van der Waals surface area contributed by atoms with Crippen LogP contribution < -0.4 is 5.32 Å². The SMILES string of the molecule is CC1(C)CN(Cc2ccc(F)cc2Br)CCN1. The van der Waals surface area contributed by atoms with Crippen molar-refractivity contribution in [2.75, 3.05) is 19.6 Å². The van der Waals surface area contributed by atoms with Crippen LogP contribution in [0.5, 0.6) is 0 Å². The maximum Gasteiger partial charge on any atom is 0.124 e. The average molecular weight is 301 g/mol. The van der Waals surface area contributed by atoms with E-state index >= 15 is 0 Å². The number of halogens is 2. The molecular formula is C13H18BrFN2. The summed E-state index contributed by atoms with van der Waals surface area (Å²) >= 11 is 3.42. The zero-order valence-electron chi connectivity index (χ0n) is 10.3. The molecule has 1 aliphatic heterocycles. The topological polar surface area (TPSA) is 15.3 Å². The summed E-state index contributed by atoms with van der Waals surface area (Å²) in [5, 5.41) is 3.48. The van der Waals surface area contributed by atoms with Gasteiger partial charge in [-0.25, -0.2) is 4.39 Å². The standard InChI is InChI=1S/C13H18BrFN2/c1-13(2)9-17(6-5-16-13)8-10-3-4-11(15)7-12(10)14/h3-4,7,16H,5-6,8-9H2,1-2H3. The maximum absolute atomic E-state index is 13.0. The van der Waals surface area contributed by atoms with Crippen LogP contribution >= 0.6 is 15.9 Å². The third-order valence-corrected chi connectivity index (χ3v) is 3.80. The zero-order valence-corrected chi connectivity index (χ0v) is 11.8. The quantitative estimate of drug-likeness (QED) is 0.903. The molecular weight excluding hydrogens is 283 g/mol. The molecule has 0 aromatic heterocycles. The summed E-state index contributed by atoms with van der Waals surface area (Å²) in [6, 6.07) is 4.91. The summed E-state index contributed by atoms with van der Waals surface area (Å²) in [6.45, 7) is 8.33. The number of rotatable bonds is 2. The van der Waals surface area contributed by atoms with E-state index < -0.39 is 0 Å². The lowest BCUT2D eigenvalue weighted by Crippen LogP contribution is -2.56. The largest absolute Gasteiger partial charge is 0.309 e. The van der Waals surface area contributed by atoms with Crippen molar-refractivity contribution in [1.29, 1.82) is 0 Å². The van der Waals surface area contributed by atoms with Crippen molar-refractivity contribution in [1.82, 2.24) is 10.2 Å². The molecule has 1 heterocycles. The molecule has 1 aliphatic rings. The highest BCUT2D eigenvalue weighted by atomic mass is 79.9. The van der Waals surface area contributed by atoms with E-state index in [1.807, 2.05) is 6.07 Å². The molecule has 1 fully saturated rings. The molecule has 1 aromatic carbocycles. The molecule has 2 rings (SSSR count). The minimum Gasteiger partial charge on any atom is -0.309 e. The van der Waals surface area contributed by atoms with Crippen LogP contribution in [0.25, 0.3) is 0 Å². The van der Waals surface area contributed by atoms with Crippen LogP contribution in [0.3, 0.4) is 0 Å². The van der Waals surface area contributed by atoms with Gasteiger partial charge in [-0.15, -0.1) is 0 Å². The molecule has 1 aromatic rings. The molecule has 0 spiro atoms. The minimum absolute atomic E-state index is 0.157. The summed E-state index contributed by atoms with van der Waals surface area (Å²) in [6.07, 6.45) is 0. The number of piperazine rings is 1. The van der Waals surface area contributed by atoms with Gasteiger partial charge in [0.15, 0.2) is 0 Å². The Hall–Kier alpha value is -0.450. The van der Waals surface area contributed by atoms with Crippen molar-refractivity contribution in [3.63, 3.8) is 0 Å². The van der Waals surface area contributed by atoms with Crippen molar-refractivity contribution in [3.8, 4) is 0 Å². The van der Waals surface area contributed by atoms with E-state index in [1.165, 1.54) is 12.1 Å². The van der Waals surface area contributed by atoms with E-state index in [0.717, 1.165) is 36.2 Å². The second kappa shape index (κ2) is 5.04. The number of hydrogen-bond donors (Lipinski definition) is 1. The minimum atomic E-state index is -0.193. The molecule has 94 valence electrons. The smallest absolute Gasteiger partial charge is 0.124 e. The Balaban J connectivity index is 2.05. The van der Waals surface area contributed by atoms with Crippen LogP contribution in [-0.2, 0) is 6.54 Å². The predicted octanol–water partition coefficient (Wildman–Crippen LogP) is 2.77. The fourth-order valence-electron chi connectivity index (χ4n) is 2.27. The Morgan fingerprint density at radius 3 is 2.88 bits per heavy atom. The molecule has 0 radical (unpaired) electrons. The molecule has 4 heteroatoms. The van der Waals surface area contributed by atoms with Crippen LogP contribution in [0.4, 0.5) is 4.39 Å². The Kier molecular flexibility index (Phi) is 3.85. The molecule has 0 atom stereocenters. The number of benzene rings is 1. The second-order valence-electron chi connectivity index (χ2n) is 5.26. The lowest BCUT2D eigenvalue weighted by atomic mass is 10.0. The summed E-state index contributed by atoms with van der Waals surface area (Å²) in [5.41, 5.74) is 1.30. The Morgan fingerprint density at radius 1 is 1.47 bits per heavy atom. The number of nitrogens with zero attached hydrogens (tertiary/aromatic N) is 1. The number of nitrogens with one attached hydrogen (secondary N) is 1. The molecule has 0 aliphatic carbocycles. The first-order valence-corrected chi connectivity index (χ1v) is 6.67. The highest BCUT2D eigenvalue weighted by Crippen LogP contribution is 2.21. The highest BCUT2D eigenvalue weighted by molar-refractivity contribution is 9.10. The second-order valence-corrected chi connectivity index (χ2v) is 6.11. The molecule has 0 amide bonds. The van der Waals surface area contributed by atoms with Gasteiger partial charge in [0, 0.05) is 36.2 Å². The Morgan fingerprint density at radius 2 is 2.24 bits per heavy atom. The third-order valence-electron chi connectivity index (χ3n) is 3.06. The van der Waals surface area contributed by atoms with Crippen LogP contribution in [0.15, 0.2) is 22.7 Å². The molecule has 1 saturated heterocycles. The van der Waals surface area contributed by atoms with Crippen molar-refractivity contribution < 1.29 is 4.39 Å². The van der Waals surface area contributed by atoms with E-state index in [4.69, 9.17) is 0 Å². The molecule has 0 unspecified atom stereocenters. The van der Waals surface area contributed by atoms with E-state index in [1.54, 1.807) is 0 Å². The lowest BCUT2D eigenvalue weighted by Gasteiger charge is -2.39. The first kappa shape index (κ1) is 13.0. The van der Waals surface area contributed by atoms with Crippen LogP contribution in [-0.4, -0.2) is 30.1 Å². The van der Waals surface area contributed by atoms with Gasteiger partial charge in [0.2, 0.25) is 0 Å². The first-order chi connectivity index (χ1) is 7.96. The van der Waals surface area contributed by atoms with Crippen molar-refractivity contribution >= 4 is 15.9 Å². The van der Waals surface area contributed by atoms with E-state index in [0.29, 0.717) is 0 Å². The van der Waals surface area contributed by atoms with Crippen LogP contribution in [0.2, 0.25) is 0 Å². The third kappa shape index (κ3) is 3.50. The van der Waals surface area contributed by atoms with Gasteiger partial charge in [0.05, 0.1) is 0 Å². The lowest BCUT2D eigenvalue weighted by molar-refractivity contribution is 0.148. The van der Waals surface area contributed by atoms with Crippen molar-refractivity contribution in [2.24, 2.45) is 0 Å². The van der Waals surface area contributed by atoms with E-state index in [9.17, 15) is 4.39 Å². The highest BCUT2D eigenvalue weighted by Gasteiger charge is 2.25. The van der Waals surface area contributed by atoms with Crippen molar-refractivity contribution in [2.45, 2.75) is 25.9 Å². The summed E-state index contributed by atoms with van der Waals surface area (Å²) in [4.78, 5) is 2.40. The van der Waals surface area contributed by atoms with Gasteiger partial charge in [-0.05, 0) is 31.5 Å². The molecule has 0 saturated carbocycles. The fraction of sp³-hybridized carbons (Fsp3) is 0.538. The first-order valence-electron chi connectivity index (χ1n) is 5.88. The monoisotopic (exact) mass is 300 g/mol. The summed E-state index contributed by atoms with van der Waals surface area (Å²) < 4.78 is 13.9. The van der Waals surface area contributed by atoms with Crippen molar-refractivity contribution in [3.05, 3.63) is 34.1 Å². The Labute approximate surface area is 110 Å². The fourth-order valence-corrected chi connectivity index (χ4v) is 2.75. The normalized spacial score (nSPS) is 20.5. The van der Waals surface area contributed by atoms with Gasteiger partial charge in [-0.1, -0.05) is 22.0 Å². The molecule has 2 nitrogen and oxygen atoms in total. The maximum atomic E-state index is 13.0. The van der Waals surface area contributed by atoms with Gasteiger partial charge in [-0.3, -0.25) is 4.90 Å². The molecule has 1 N–H and O–H groups in total. The van der Waals surface area contributed by atoms with E-state index in [-0.39, 0.29) is 11.4 Å². The van der Waals surface area contributed by atoms with Gasteiger partial charge in [0.1, 0.15) is 5.82 Å². The Bertz CT molecular complexity index is 406. The van der Waals surface area contributed by atoms with Gasteiger partial charge < -0.3 is 5.32 Å². The average Bonchev–Trinajstić information content (AvgIpc) is 2.21. The molecule has 0 bridgehead atoms. The summed E-state index contributed by atoms with van der Waals surface area (Å²) in [7, 11) is 0. The van der Waals surface area contributed by atoms with Crippen LogP contribution in [0, 0.1) is 5.82 Å². The number of hydrogen-bond acceptors (Lipinski definition) is 2. The zero-order chi connectivity index (χ0) is 12.5. The van der Waals surface area contributed by atoms with Gasteiger partial charge in [0.25, 0.3) is 0 Å². The molecule has 17 heavy (non-hydrogen) atoms. The van der Waals surface area contributed by atoms with Crippen LogP contribution in [0.1, 0.15) is 19.4 Å². The summed E-state index contributed by atoms with van der Waals surface area (Å²) in [5.74, 6) is -0.193.